The zero-order valence-corrected chi connectivity index (χ0v) is 15.1. The minimum atomic E-state index is -0.234. The number of quaternary nitrogens is 1. The van der Waals surface area contributed by atoms with E-state index in [9.17, 15) is 4.79 Å². The van der Waals surface area contributed by atoms with Gasteiger partial charge in [0.25, 0.3) is 0 Å². The predicted octanol–water partition coefficient (Wildman–Crippen LogP) is 1.85. The zero-order valence-electron chi connectivity index (χ0n) is 8.60. The van der Waals surface area contributed by atoms with E-state index in [2.05, 4.69) is 67.8 Å². The van der Waals surface area contributed by atoms with Crippen LogP contribution in [-0.4, -0.2) is 26.2 Å². The number of carbonyl (C=O) groups is 1. The first-order valence-corrected chi connectivity index (χ1v) is 7.89. The SMILES string of the molecule is C[NH2+]CCOC(=O)c1cc(I)cc(I)c1I. The summed E-state index contributed by atoms with van der Waals surface area (Å²) in [6, 6.07) is 3.90. The van der Waals surface area contributed by atoms with Crippen LogP contribution in [0.25, 0.3) is 0 Å². The van der Waals surface area contributed by atoms with Gasteiger partial charge in [0.15, 0.2) is 0 Å². The van der Waals surface area contributed by atoms with Gasteiger partial charge < -0.3 is 10.1 Å². The van der Waals surface area contributed by atoms with Gasteiger partial charge in [0.05, 0.1) is 12.6 Å². The number of carbonyl (C=O) groups excluding carboxylic acids is 1. The van der Waals surface area contributed by atoms with E-state index in [4.69, 9.17) is 4.74 Å². The van der Waals surface area contributed by atoms with Gasteiger partial charge in [-0.05, 0) is 79.9 Å². The van der Waals surface area contributed by atoms with Crippen LogP contribution in [0.2, 0.25) is 0 Å². The van der Waals surface area contributed by atoms with Crippen LogP contribution in [0.1, 0.15) is 10.4 Å². The van der Waals surface area contributed by atoms with Crippen LogP contribution >= 0.6 is 67.8 Å². The van der Waals surface area contributed by atoms with E-state index >= 15 is 0 Å². The molecule has 0 aliphatic rings. The van der Waals surface area contributed by atoms with Gasteiger partial charge in [-0.2, -0.15) is 0 Å². The molecule has 2 N–H and O–H groups in total. The Morgan fingerprint density at radius 3 is 2.69 bits per heavy atom. The van der Waals surface area contributed by atoms with Crippen LogP contribution in [-0.2, 0) is 4.74 Å². The predicted molar refractivity (Wildman–Crippen MR) is 87.6 cm³/mol. The Kier molecular flexibility index (Phi) is 6.81. The van der Waals surface area contributed by atoms with Crippen molar-refractivity contribution in [1.29, 1.82) is 0 Å². The van der Waals surface area contributed by atoms with Crippen molar-refractivity contribution in [1.82, 2.24) is 0 Å². The highest BCUT2D eigenvalue weighted by Crippen LogP contribution is 2.23. The molecule has 3 nitrogen and oxygen atoms in total. The van der Waals surface area contributed by atoms with Crippen LogP contribution in [0.4, 0.5) is 0 Å². The summed E-state index contributed by atoms with van der Waals surface area (Å²) in [7, 11) is 1.95. The first kappa shape index (κ1) is 14.9. The molecule has 0 spiro atoms. The fourth-order valence-corrected chi connectivity index (χ4v) is 3.43. The van der Waals surface area contributed by atoms with Crippen molar-refractivity contribution in [3.05, 3.63) is 28.4 Å². The van der Waals surface area contributed by atoms with E-state index < -0.39 is 0 Å². The minimum absolute atomic E-state index is 0.234. The molecular formula is C10H11I3NO2+. The third kappa shape index (κ3) is 4.26. The molecule has 88 valence electrons. The maximum Gasteiger partial charge on any atom is 0.339 e. The molecule has 0 fully saturated rings. The number of rotatable bonds is 4. The van der Waals surface area contributed by atoms with E-state index in [1.165, 1.54) is 0 Å². The highest BCUT2D eigenvalue weighted by atomic mass is 127. The Labute approximate surface area is 136 Å². The van der Waals surface area contributed by atoms with Gasteiger partial charge in [-0.15, -0.1) is 0 Å². The molecule has 1 rings (SSSR count). The third-order valence-electron chi connectivity index (χ3n) is 1.85. The highest BCUT2D eigenvalue weighted by Gasteiger charge is 2.14. The Morgan fingerprint density at radius 2 is 2.06 bits per heavy atom. The van der Waals surface area contributed by atoms with Gasteiger partial charge in [0.1, 0.15) is 13.2 Å². The first-order chi connectivity index (χ1) is 7.56. The van der Waals surface area contributed by atoms with Crippen LogP contribution in [0.15, 0.2) is 12.1 Å². The molecule has 0 saturated heterocycles. The summed E-state index contributed by atoms with van der Waals surface area (Å²) in [4.78, 5) is 11.8. The molecule has 0 aromatic heterocycles. The first-order valence-electron chi connectivity index (χ1n) is 4.65. The summed E-state index contributed by atoms with van der Waals surface area (Å²) in [6.45, 7) is 1.25. The van der Waals surface area contributed by atoms with E-state index in [-0.39, 0.29) is 5.97 Å². The van der Waals surface area contributed by atoms with Crippen molar-refractivity contribution in [2.75, 3.05) is 20.2 Å². The van der Waals surface area contributed by atoms with Crippen LogP contribution in [0.3, 0.4) is 0 Å². The molecule has 1 aromatic rings. The fourth-order valence-electron chi connectivity index (χ4n) is 1.05. The normalized spacial score (nSPS) is 10.2. The Balaban J connectivity index is 2.82. The number of esters is 1. The van der Waals surface area contributed by atoms with Crippen molar-refractivity contribution < 1.29 is 14.8 Å². The molecule has 0 unspecified atom stereocenters. The Hall–Kier alpha value is 0.840. The van der Waals surface area contributed by atoms with Crippen molar-refractivity contribution in [2.24, 2.45) is 0 Å². The third-order valence-corrected chi connectivity index (χ3v) is 5.52. The molecule has 0 aliphatic heterocycles. The molecule has 0 atom stereocenters. The second-order valence-electron chi connectivity index (χ2n) is 3.08. The van der Waals surface area contributed by atoms with E-state index in [0.29, 0.717) is 12.2 Å². The number of ether oxygens (including phenoxy) is 1. The smallest absolute Gasteiger partial charge is 0.339 e. The molecule has 16 heavy (non-hydrogen) atoms. The van der Waals surface area contributed by atoms with Gasteiger partial charge in [-0.25, -0.2) is 4.79 Å². The monoisotopic (exact) mass is 558 g/mol. The number of likely N-dealkylation sites (N-methyl/N-ethyl adjacent to an activating group) is 1. The van der Waals surface area contributed by atoms with Crippen LogP contribution in [0, 0.1) is 10.7 Å². The minimum Gasteiger partial charge on any atom is -0.456 e. The molecule has 0 heterocycles. The number of benzene rings is 1. The van der Waals surface area contributed by atoms with Crippen LogP contribution in [0.5, 0.6) is 0 Å². The molecule has 0 radical (unpaired) electrons. The lowest BCUT2D eigenvalue weighted by atomic mass is 10.2. The summed E-state index contributed by atoms with van der Waals surface area (Å²) < 4.78 is 8.27. The standard InChI is InChI=1S/C10H10I3NO2/c1-14-2-3-16-10(15)7-4-6(11)5-8(12)9(7)13/h4-5,14H,2-3H2,1H3/p+1. The largest absolute Gasteiger partial charge is 0.456 e. The quantitative estimate of drug-likeness (QED) is 0.266. The molecular weight excluding hydrogens is 547 g/mol. The van der Waals surface area contributed by atoms with Gasteiger partial charge in [-0.3, -0.25) is 0 Å². The van der Waals surface area contributed by atoms with Gasteiger partial charge in [-0.1, -0.05) is 0 Å². The summed E-state index contributed by atoms with van der Waals surface area (Å²) in [5.41, 5.74) is 0.660. The molecule has 0 amide bonds. The topological polar surface area (TPSA) is 42.9 Å². The molecule has 6 heteroatoms. The number of halogens is 3. The molecule has 0 saturated carbocycles. The fraction of sp³-hybridized carbons (Fsp3) is 0.300. The summed E-state index contributed by atoms with van der Waals surface area (Å²) in [5.74, 6) is -0.234. The van der Waals surface area contributed by atoms with E-state index in [0.717, 1.165) is 17.3 Å². The molecule has 0 bridgehead atoms. The van der Waals surface area contributed by atoms with Crippen molar-refractivity contribution in [3.8, 4) is 0 Å². The maximum absolute atomic E-state index is 11.8. The van der Waals surface area contributed by atoms with Gasteiger partial charge in [0.2, 0.25) is 0 Å². The summed E-state index contributed by atoms with van der Waals surface area (Å²) in [6.07, 6.45) is 0. The summed E-state index contributed by atoms with van der Waals surface area (Å²) in [5, 5.41) is 1.98. The average molecular weight is 558 g/mol. The van der Waals surface area contributed by atoms with Crippen molar-refractivity contribution in [2.45, 2.75) is 0 Å². The number of hydrogen-bond donors (Lipinski definition) is 1. The van der Waals surface area contributed by atoms with Gasteiger partial charge >= 0.3 is 5.97 Å². The molecule has 0 aliphatic carbocycles. The van der Waals surface area contributed by atoms with E-state index in [1.54, 1.807) is 0 Å². The van der Waals surface area contributed by atoms with Crippen LogP contribution < -0.4 is 5.32 Å². The average Bonchev–Trinajstić information content (AvgIpc) is 2.23. The second kappa shape index (κ2) is 7.31. The number of nitrogens with two attached hydrogens (primary N) is 1. The molecule has 1 aromatic carbocycles. The Bertz CT molecular complexity index is 396. The lowest BCUT2D eigenvalue weighted by molar-refractivity contribution is -0.627. The summed E-state index contributed by atoms with van der Waals surface area (Å²) >= 11 is 6.61. The lowest BCUT2D eigenvalue weighted by Crippen LogP contribution is -2.80. The Morgan fingerprint density at radius 1 is 1.38 bits per heavy atom. The maximum atomic E-state index is 11.8. The second-order valence-corrected chi connectivity index (χ2v) is 6.57. The van der Waals surface area contributed by atoms with E-state index in [1.807, 2.05) is 24.5 Å². The zero-order chi connectivity index (χ0) is 12.1. The number of hydrogen-bond acceptors (Lipinski definition) is 2. The highest BCUT2D eigenvalue weighted by molar-refractivity contribution is 14.1. The lowest BCUT2D eigenvalue weighted by Gasteiger charge is -2.07. The van der Waals surface area contributed by atoms with Gasteiger partial charge in [0, 0.05) is 10.7 Å². The van der Waals surface area contributed by atoms with Crippen molar-refractivity contribution in [3.63, 3.8) is 0 Å². The van der Waals surface area contributed by atoms with Crippen molar-refractivity contribution >= 4 is 73.7 Å².